The molecule has 4 aromatic rings. The van der Waals surface area contributed by atoms with Crippen LogP contribution in [0.3, 0.4) is 0 Å². The Morgan fingerprint density at radius 2 is 1.70 bits per heavy atom. The second kappa shape index (κ2) is 7.90. The summed E-state index contributed by atoms with van der Waals surface area (Å²) in [7, 11) is 0. The number of halogens is 1. The first-order valence-corrected chi connectivity index (χ1v) is 9.71. The first-order valence-electron chi connectivity index (χ1n) is 8.51. The fraction of sp³-hybridized carbons (Fsp3) is 0.0476. The molecule has 0 saturated carbocycles. The highest BCUT2D eigenvalue weighted by Gasteiger charge is 2.05. The lowest BCUT2D eigenvalue weighted by atomic mass is 10.1. The summed E-state index contributed by atoms with van der Waals surface area (Å²) in [4.78, 5) is 0. The van der Waals surface area contributed by atoms with Crippen molar-refractivity contribution in [2.45, 2.75) is 6.54 Å². The lowest BCUT2D eigenvalue weighted by Crippen LogP contribution is -2.19. The fourth-order valence-electron chi connectivity index (χ4n) is 2.90. The zero-order valence-electron chi connectivity index (χ0n) is 14.4. The van der Waals surface area contributed by atoms with Gasteiger partial charge in [0.25, 0.3) is 0 Å². The first-order chi connectivity index (χ1) is 13.2. The molecule has 0 atom stereocenters. The molecule has 4 nitrogen and oxygen atoms in total. The zero-order valence-corrected chi connectivity index (χ0v) is 16.8. The zero-order chi connectivity index (χ0) is 18.6. The van der Waals surface area contributed by atoms with Crippen LogP contribution in [0.15, 0.2) is 83.5 Å². The highest BCUT2D eigenvalue weighted by Crippen LogP contribution is 2.23. The molecule has 134 valence electrons. The minimum Gasteiger partial charge on any atom is -0.332 e. The number of hydrogen-bond donors (Lipinski definition) is 2. The van der Waals surface area contributed by atoms with E-state index >= 15 is 0 Å². The van der Waals surface area contributed by atoms with E-state index in [0.717, 1.165) is 15.5 Å². The van der Waals surface area contributed by atoms with Crippen molar-refractivity contribution >= 4 is 55.5 Å². The van der Waals surface area contributed by atoms with Crippen molar-refractivity contribution in [3.05, 3.63) is 89.0 Å². The molecule has 1 aromatic heterocycles. The topological polar surface area (TPSA) is 41.9 Å². The van der Waals surface area contributed by atoms with Crippen LogP contribution in [0.2, 0.25) is 0 Å². The Morgan fingerprint density at radius 1 is 0.926 bits per heavy atom. The average molecular weight is 437 g/mol. The van der Waals surface area contributed by atoms with E-state index in [1.807, 2.05) is 53.3 Å². The number of thiocarbonyl (C=S) groups is 1. The monoisotopic (exact) mass is 436 g/mol. The van der Waals surface area contributed by atoms with Gasteiger partial charge in [-0.3, -0.25) is 4.68 Å². The summed E-state index contributed by atoms with van der Waals surface area (Å²) >= 11 is 8.91. The summed E-state index contributed by atoms with van der Waals surface area (Å²) in [6, 6.07) is 24.4. The second-order valence-corrected chi connectivity index (χ2v) is 7.45. The van der Waals surface area contributed by atoms with Crippen molar-refractivity contribution in [2.75, 3.05) is 10.6 Å². The van der Waals surface area contributed by atoms with Crippen LogP contribution in [0.25, 0.3) is 10.8 Å². The largest absolute Gasteiger partial charge is 0.332 e. The predicted octanol–water partition coefficient (Wildman–Crippen LogP) is 5.66. The quantitative estimate of drug-likeness (QED) is 0.405. The van der Waals surface area contributed by atoms with Crippen LogP contribution < -0.4 is 10.6 Å². The van der Waals surface area contributed by atoms with Crippen LogP contribution >= 0.6 is 28.1 Å². The predicted molar refractivity (Wildman–Crippen MR) is 119 cm³/mol. The molecular weight excluding hydrogens is 420 g/mol. The fourth-order valence-corrected chi connectivity index (χ4v) is 3.38. The van der Waals surface area contributed by atoms with Gasteiger partial charge in [0.2, 0.25) is 0 Å². The van der Waals surface area contributed by atoms with Gasteiger partial charge >= 0.3 is 0 Å². The summed E-state index contributed by atoms with van der Waals surface area (Å²) in [6.45, 7) is 0.707. The molecule has 0 saturated heterocycles. The van der Waals surface area contributed by atoms with Gasteiger partial charge in [-0.05, 0) is 41.4 Å². The molecule has 0 aliphatic carbocycles. The van der Waals surface area contributed by atoms with Gasteiger partial charge in [0.15, 0.2) is 10.9 Å². The van der Waals surface area contributed by atoms with Crippen molar-refractivity contribution in [2.24, 2.45) is 0 Å². The molecule has 1 heterocycles. The van der Waals surface area contributed by atoms with Gasteiger partial charge in [-0.15, -0.1) is 0 Å². The van der Waals surface area contributed by atoms with Crippen molar-refractivity contribution in [3.63, 3.8) is 0 Å². The average Bonchev–Trinajstić information content (AvgIpc) is 3.10. The van der Waals surface area contributed by atoms with Crippen molar-refractivity contribution < 1.29 is 0 Å². The maximum Gasteiger partial charge on any atom is 0.176 e. The van der Waals surface area contributed by atoms with E-state index < -0.39 is 0 Å². The third-order valence-corrected chi connectivity index (χ3v) is 4.91. The van der Waals surface area contributed by atoms with Crippen molar-refractivity contribution in [3.8, 4) is 0 Å². The Morgan fingerprint density at radius 3 is 2.56 bits per heavy atom. The van der Waals surface area contributed by atoms with Gasteiger partial charge in [-0.1, -0.05) is 64.5 Å². The third-order valence-electron chi connectivity index (χ3n) is 4.18. The summed E-state index contributed by atoms with van der Waals surface area (Å²) in [5.41, 5.74) is 2.16. The van der Waals surface area contributed by atoms with Crippen LogP contribution in [0, 0.1) is 0 Å². The summed E-state index contributed by atoms with van der Waals surface area (Å²) in [5.74, 6) is 0.713. The van der Waals surface area contributed by atoms with E-state index in [1.165, 1.54) is 10.9 Å². The highest BCUT2D eigenvalue weighted by atomic mass is 79.9. The Hall–Kier alpha value is -2.70. The number of hydrogen-bond acceptors (Lipinski definition) is 2. The molecule has 27 heavy (non-hydrogen) atoms. The normalized spacial score (nSPS) is 10.7. The number of rotatable bonds is 4. The Kier molecular flexibility index (Phi) is 5.18. The van der Waals surface area contributed by atoms with Crippen molar-refractivity contribution in [1.29, 1.82) is 0 Å². The van der Waals surface area contributed by atoms with Crippen LogP contribution in [0.5, 0.6) is 0 Å². The molecule has 2 N–H and O–H groups in total. The van der Waals surface area contributed by atoms with Gasteiger partial charge in [0, 0.05) is 27.8 Å². The number of benzene rings is 3. The van der Waals surface area contributed by atoms with Crippen molar-refractivity contribution in [1.82, 2.24) is 9.78 Å². The third kappa shape index (κ3) is 4.35. The molecule has 0 aliphatic heterocycles. The number of anilines is 2. The Bertz CT molecular complexity index is 1080. The molecule has 0 spiro atoms. The lowest BCUT2D eigenvalue weighted by Gasteiger charge is -2.11. The molecule has 0 aliphatic rings. The van der Waals surface area contributed by atoms with Gasteiger partial charge in [-0.2, -0.15) is 5.10 Å². The first kappa shape index (κ1) is 17.7. The maximum absolute atomic E-state index is 5.46. The molecule has 0 amide bonds. The van der Waals surface area contributed by atoms with Crippen LogP contribution in [0.1, 0.15) is 5.56 Å². The van der Waals surface area contributed by atoms with E-state index in [-0.39, 0.29) is 0 Å². The summed E-state index contributed by atoms with van der Waals surface area (Å²) < 4.78 is 2.95. The molecule has 4 rings (SSSR count). The molecule has 0 bridgehead atoms. The van der Waals surface area contributed by atoms with E-state index in [2.05, 4.69) is 62.0 Å². The van der Waals surface area contributed by atoms with Crippen LogP contribution in [0.4, 0.5) is 11.5 Å². The van der Waals surface area contributed by atoms with E-state index in [9.17, 15) is 0 Å². The molecule has 6 heteroatoms. The van der Waals surface area contributed by atoms with E-state index in [4.69, 9.17) is 12.2 Å². The van der Waals surface area contributed by atoms with Gasteiger partial charge in [0.05, 0.1) is 6.54 Å². The number of nitrogens with one attached hydrogen (secondary N) is 2. The summed E-state index contributed by atoms with van der Waals surface area (Å²) in [6.07, 6.45) is 1.94. The Labute approximate surface area is 171 Å². The smallest absolute Gasteiger partial charge is 0.176 e. The number of fused-ring (bicyclic) bond motifs is 1. The second-order valence-electron chi connectivity index (χ2n) is 6.13. The number of nitrogens with zero attached hydrogens (tertiary/aromatic N) is 2. The van der Waals surface area contributed by atoms with Crippen LogP contribution in [-0.4, -0.2) is 14.9 Å². The van der Waals surface area contributed by atoms with Crippen LogP contribution in [-0.2, 0) is 6.54 Å². The number of aromatic nitrogens is 2. The standard InChI is InChI=1S/C21H17BrN4S/c22-17-10-8-15(9-11-17)14-26-13-12-20(25-26)24-21(27)23-19-7-3-5-16-4-1-2-6-18(16)19/h1-13H,14H2,(H2,23,24,25,27). The molecular formula is C21H17BrN4S. The van der Waals surface area contributed by atoms with Gasteiger partial charge in [0.1, 0.15) is 0 Å². The Balaban J connectivity index is 1.42. The maximum atomic E-state index is 5.46. The molecule has 3 aromatic carbocycles. The highest BCUT2D eigenvalue weighted by molar-refractivity contribution is 9.10. The lowest BCUT2D eigenvalue weighted by molar-refractivity contribution is 0.690. The molecule has 0 radical (unpaired) electrons. The molecule has 0 unspecified atom stereocenters. The van der Waals surface area contributed by atoms with E-state index in [1.54, 1.807) is 0 Å². The minimum absolute atomic E-state index is 0.514. The van der Waals surface area contributed by atoms with Gasteiger partial charge < -0.3 is 10.6 Å². The minimum atomic E-state index is 0.514. The summed E-state index contributed by atoms with van der Waals surface area (Å²) in [5, 5.41) is 13.8. The van der Waals surface area contributed by atoms with Gasteiger partial charge in [-0.25, -0.2) is 0 Å². The molecule has 0 fully saturated rings. The SMILES string of the molecule is S=C(Nc1ccn(Cc2ccc(Br)cc2)n1)Nc1cccc2ccccc12. The van der Waals surface area contributed by atoms with E-state index in [0.29, 0.717) is 17.5 Å².